The van der Waals surface area contributed by atoms with Gasteiger partial charge >= 0.3 is 0 Å². The van der Waals surface area contributed by atoms with E-state index < -0.39 is 9.84 Å². The molecule has 0 bridgehead atoms. The Morgan fingerprint density at radius 1 is 1.35 bits per heavy atom. The predicted octanol–water partition coefficient (Wildman–Crippen LogP) is 1.87. The highest BCUT2D eigenvalue weighted by atomic mass is 32.2. The molecule has 6 nitrogen and oxygen atoms in total. The second kappa shape index (κ2) is 4.75. The van der Waals surface area contributed by atoms with Crippen molar-refractivity contribution < 1.29 is 12.8 Å². The summed E-state index contributed by atoms with van der Waals surface area (Å²) >= 11 is 0. The lowest BCUT2D eigenvalue weighted by Gasteiger charge is -1.99. The van der Waals surface area contributed by atoms with E-state index in [0.29, 0.717) is 23.5 Å². The first-order valence-corrected chi connectivity index (χ1v) is 7.81. The van der Waals surface area contributed by atoms with Crippen molar-refractivity contribution in [1.29, 1.82) is 0 Å². The van der Waals surface area contributed by atoms with Crippen molar-refractivity contribution in [1.82, 2.24) is 14.5 Å². The number of rotatable bonds is 4. The number of fused-ring (bicyclic) bond motifs is 1. The third kappa shape index (κ3) is 2.32. The zero-order valence-electron chi connectivity index (χ0n) is 10.9. The predicted molar refractivity (Wildman–Crippen MR) is 73.1 cm³/mol. The molecular formula is C13H13N3O3S. The number of aromatic nitrogens is 3. The highest BCUT2D eigenvalue weighted by Crippen LogP contribution is 2.21. The van der Waals surface area contributed by atoms with Gasteiger partial charge in [0.2, 0.25) is 5.89 Å². The van der Waals surface area contributed by atoms with E-state index in [4.69, 9.17) is 4.42 Å². The Bertz CT molecular complexity index is 835. The van der Waals surface area contributed by atoms with Gasteiger partial charge in [0.1, 0.15) is 12.1 Å². The van der Waals surface area contributed by atoms with Crippen molar-refractivity contribution in [3.8, 4) is 0 Å². The molecule has 0 atom stereocenters. The summed E-state index contributed by atoms with van der Waals surface area (Å²) in [6.07, 6.45) is 5.15. The van der Waals surface area contributed by atoms with Crippen LogP contribution in [0.1, 0.15) is 12.8 Å². The summed E-state index contributed by atoms with van der Waals surface area (Å²) in [5, 5.41) is 0. The highest BCUT2D eigenvalue weighted by molar-refractivity contribution is 7.91. The second-order valence-corrected chi connectivity index (χ2v) is 6.65. The molecule has 0 saturated carbocycles. The molecule has 104 valence electrons. The summed E-state index contributed by atoms with van der Waals surface area (Å²) in [7, 11) is -3.23. The second-order valence-electron chi connectivity index (χ2n) is 4.38. The molecule has 0 unspecified atom stereocenters. The van der Waals surface area contributed by atoms with E-state index >= 15 is 0 Å². The van der Waals surface area contributed by atoms with Gasteiger partial charge in [-0.3, -0.25) is 0 Å². The summed E-state index contributed by atoms with van der Waals surface area (Å²) in [5.74, 6) is 0.585. The van der Waals surface area contributed by atoms with Crippen LogP contribution in [0.5, 0.6) is 0 Å². The number of oxazole rings is 1. The fourth-order valence-corrected chi connectivity index (χ4v) is 2.82. The molecule has 0 aliphatic heterocycles. The van der Waals surface area contributed by atoms with Crippen molar-refractivity contribution in [2.75, 3.05) is 5.75 Å². The first-order valence-electron chi connectivity index (χ1n) is 6.16. The van der Waals surface area contributed by atoms with E-state index in [-0.39, 0.29) is 10.6 Å². The number of hydrogen-bond donors (Lipinski definition) is 0. The van der Waals surface area contributed by atoms with Crippen LogP contribution in [-0.4, -0.2) is 28.7 Å². The minimum atomic E-state index is -3.23. The van der Waals surface area contributed by atoms with E-state index in [1.165, 1.54) is 0 Å². The van der Waals surface area contributed by atoms with Crippen LogP contribution in [0.15, 0.2) is 46.2 Å². The summed E-state index contributed by atoms with van der Waals surface area (Å²) in [6.45, 7) is 2.08. The summed E-state index contributed by atoms with van der Waals surface area (Å²) in [4.78, 5) is 8.53. The molecule has 0 radical (unpaired) electrons. The van der Waals surface area contributed by atoms with Gasteiger partial charge < -0.3 is 8.98 Å². The van der Waals surface area contributed by atoms with Crippen LogP contribution >= 0.6 is 0 Å². The highest BCUT2D eigenvalue weighted by Gasteiger charge is 2.14. The normalized spacial score (nSPS) is 12.1. The quantitative estimate of drug-likeness (QED) is 0.733. The summed E-state index contributed by atoms with van der Waals surface area (Å²) in [6, 6.07) is 4.74. The van der Waals surface area contributed by atoms with Crippen molar-refractivity contribution in [2.24, 2.45) is 0 Å². The van der Waals surface area contributed by atoms with Crippen LogP contribution in [0, 0.1) is 0 Å². The molecule has 0 fully saturated rings. The monoisotopic (exact) mass is 291 g/mol. The van der Waals surface area contributed by atoms with Crippen molar-refractivity contribution in [3.63, 3.8) is 0 Å². The van der Waals surface area contributed by atoms with Gasteiger partial charge in [-0.25, -0.2) is 18.4 Å². The van der Waals surface area contributed by atoms with Crippen LogP contribution in [0.2, 0.25) is 0 Å². The molecule has 7 heteroatoms. The molecule has 0 amide bonds. The molecule has 20 heavy (non-hydrogen) atoms. The number of nitrogens with zero attached hydrogens (tertiary/aromatic N) is 3. The topological polar surface area (TPSA) is 78.0 Å². The number of imidazole rings is 1. The zero-order chi connectivity index (χ0) is 14.2. The average molecular weight is 291 g/mol. The number of hydrogen-bond acceptors (Lipinski definition) is 5. The SMILES string of the molecule is CCS(=O)(=O)c1ccc2oc(Cn3ccnc3)nc2c1. The number of benzene rings is 1. The largest absolute Gasteiger partial charge is 0.439 e. The molecule has 0 aliphatic rings. The van der Waals surface area contributed by atoms with E-state index in [2.05, 4.69) is 9.97 Å². The molecule has 0 spiro atoms. The minimum absolute atomic E-state index is 0.0677. The maximum Gasteiger partial charge on any atom is 0.215 e. The van der Waals surface area contributed by atoms with Gasteiger partial charge in [-0.2, -0.15) is 0 Å². The van der Waals surface area contributed by atoms with Crippen LogP contribution in [0.4, 0.5) is 0 Å². The van der Waals surface area contributed by atoms with Crippen molar-refractivity contribution in [3.05, 3.63) is 42.8 Å². The molecule has 3 aromatic rings. The van der Waals surface area contributed by atoms with Crippen molar-refractivity contribution in [2.45, 2.75) is 18.4 Å². The molecule has 2 heterocycles. The minimum Gasteiger partial charge on any atom is -0.439 e. The molecule has 2 aromatic heterocycles. The lowest BCUT2D eigenvalue weighted by Crippen LogP contribution is -2.03. The molecule has 0 aliphatic carbocycles. The van der Waals surface area contributed by atoms with Crippen LogP contribution in [0.3, 0.4) is 0 Å². The van der Waals surface area contributed by atoms with E-state index in [0.717, 1.165) is 0 Å². The Balaban J connectivity index is 1.99. The molecule has 3 rings (SSSR count). The first-order chi connectivity index (χ1) is 9.58. The smallest absolute Gasteiger partial charge is 0.215 e. The van der Waals surface area contributed by atoms with Gasteiger partial charge in [0, 0.05) is 12.4 Å². The lowest BCUT2D eigenvalue weighted by molar-refractivity contribution is 0.509. The molecular weight excluding hydrogens is 278 g/mol. The molecule has 0 N–H and O–H groups in total. The van der Waals surface area contributed by atoms with Gasteiger partial charge in [-0.1, -0.05) is 6.92 Å². The fraction of sp³-hybridized carbons (Fsp3) is 0.231. The van der Waals surface area contributed by atoms with E-state index in [1.807, 2.05) is 10.8 Å². The maximum atomic E-state index is 11.8. The van der Waals surface area contributed by atoms with Crippen LogP contribution < -0.4 is 0 Å². The first kappa shape index (κ1) is 12.9. The van der Waals surface area contributed by atoms with Crippen LogP contribution in [-0.2, 0) is 16.4 Å². The van der Waals surface area contributed by atoms with Gasteiger partial charge in [0.15, 0.2) is 15.4 Å². The van der Waals surface area contributed by atoms with Gasteiger partial charge in [0.25, 0.3) is 0 Å². The Kier molecular flexibility index (Phi) is 3.06. The standard InChI is InChI=1S/C13H13N3O3S/c1-2-20(17,18)10-3-4-12-11(7-10)15-13(19-12)8-16-6-5-14-9-16/h3-7,9H,2,8H2,1H3. The van der Waals surface area contributed by atoms with Gasteiger partial charge in [0.05, 0.1) is 17.0 Å². The van der Waals surface area contributed by atoms with E-state index in [1.54, 1.807) is 37.6 Å². The maximum absolute atomic E-state index is 11.8. The third-order valence-corrected chi connectivity index (χ3v) is 4.75. The third-order valence-electron chi connectivity index (χ3n) is 3.02. The van der Waals surface area contributed by atoms with Gasteiger partial charge in [-0.05, 0) is 18.2 Å². The number of sulfone groups is 1. The Morgan fingerprint density at radius 3 is 2.90 bits per heavy atom. The average Bonchev–Trinajstić information content (AvgIpc) is 3.06. The van der Waals surface area contributed by atoms with E-state index in [9.17, 15) is 8.42 Å². The molecule has 0 saturated heterocycles. The van der Waals surface area contributed by atoms with Crippen LogP contribution in [0.25, 0.3) is 11.1 Å². The zero-order valence-corrected chi connectivity index (χ0v) is 11.7. The lowest BCUT2D eigenvalue weighted by atomic mass is 10.3. The Hall–Kier alpha value is -2.15. The Morgan fingerprint density at radius 2 is 2.20 bits per heavy atom. The fourth-order valence-electron chi connectivity index (χ4n) is 1.92. The summed E-state index contributed by atoms with van der Waals surface area (Å²) < 4.78 is 31.1. The van der Waals surface area contributed by atoms with Crippen molar-refractivity contribution >= 4 is 20.9 Å². The Labute approximate surface area is 116 Å². The van der Waals surface area contributed by atoms with Gasteiger partial charge in [-0.15, -0.1) is 0 Å². The summed E-state index contributed by atoms with van der Waals surface area (Å²) in [5.41, 5.74) is 1.13. The molecule has 1 aromatic carbocycles.